The van der Waals surface area contributed by atoms with Crippen LogP contribution < -0.4 is 4.90 Å². The number of hydrogen-bond acceptors (Lipinski definition) is 2. The molecule has 0 spiro atoms. The Balaban J connectivity index is 1.75. The van der Waals surface area contributed by atoms with E-state index in [0.717, 1.165) is 36.0 Å². The lowest BCUT2D eigenvalue weighted by atomic mass is 10.0. The third-order valence-corrected chi connectivity index (χ3v) is 3.99. The summed E-state index contributed by atoms with van der Waals surface area (Å²) in [5.41, 5.74) is 2.99. The first-order valence-corrected chi connectivity index (χ1v) is 7.21. The first-order valence-electron chi connectivity index (χ1n) is 7.21. The molecule has 0 N–H and O–H groups in total. The first-order chi connectivity index (χ1) is 10.3. The summed E-state index contributed by atoms with van der Waals surface area (Å²) in [5.74, 6) is 0.353. The van der Waals surface area contributed by atoms with Gasteiger partial charge in [-0.25, -0.2) is 0 Å². The number of amides is 1. The molecule has 21 heavy (non-hydrogen) atoms. The Bertz CT molecular complexity index is 786. The van der Waals surface area contributed by atoms with Crippen LogP contribution in [-0.2, 0) is 6.42 Å². The number of rotatable bonds is 1. The summed E-state index contributed by atoms with van der Waals surface area (Å²) in [7, 11) is 0. The molecule has 0 saturated heterocycles. The molecule has 0 unspecified atom stereocenters. The molecule has 3 nitrogen and oxygen atoms in total. The largest absolute Gasteiger partial charge is 0.451 e. The molecule has 0 atom stereocenters. The van der Waals surface area contributed by atoms with Gasteiger partial charge < -0.3 is 9.32 Å². The van der Waals surface area contributed by atoms with E-state index in [-0.39, 0.29) is 5.91 Å². The molecule has 104 valence electrons. The number of nitrogens with zero attached hydrogens (tertiary/aromatic N) is 1. The Morgan fingerprint density at radius 1 is 1.05 bits per heavy atom. The van der Waals surface area contributed by atoms with Crippen LogP contribution in [0.4, 0.5) is 5.69 Å². The van der Waals surface area contributed by atoms with Crippen LogP contribution in [0.2, 0.25) is 0 Å². The van der Waals surface area contributed by atoms with Gasteiger partial charge >= 0.3 is 0 Å². The van der Waals surface area contributed by atoms with Gasteiger partial charge in [-0.3, -0.25) is 4.79 Å². The van der Waals surface area contributed by atoms with Gasteiger partial charge in [0.05, 0.1) is 0 Å². The molecule has 4 rings (SSSR count). The molecule has 0 radical (unpaired) electrons. The molecule has 1 aliphatic heterocycles. The summed E-state index contributed by atoms with van der Waals surface area (Å²) in [6, 6.07) is 17.6. The van der Waals surface area contributed by atoms with Gasteiger partial charge in [-0.05, 0) is 36.6 Å². The molecule has 1 amide bonds. The van der Waals surface area contributed by atoms with Crippen LogP contribution in [-0.4, -0.2) is 12.5 Å². The van der Waals surface area contributed by atoms with Crippen LogP contribution in [0.3, 0.4) is 0 Å². The fraction of sp³-hybridized carbons (Fsp3) is 0.167. The van der Waals surface area contributed by atoms with Gasteiger partial charge in [-0.1, -0.05) is 36.4 Å². The quantitative estimate of drug-likeness (QED) is 0.673. The van der Waals surface area contributed by atoms with Crippen molar-refractivity contribution < 1.29 is 9.21 Å². The average molecular weight is 277 g/mol. The van der Waals surface area contributed by atoms with Crippen molar-refractivity contribution in [3.05, 3.63) is 65.9 Å². The Morgan fingerprint density at radius 2 is 1.86 bits per heavy atom. The van der Waals surface area contributed by atoms with Crippen LogP contribution >= 0.6 is 0 Å². The number of benzene rings is 2. The number of para-hydroxylation sites is 2. The number of furan rings is 1. The lowest BCUT2D eigenvalue weighted by molar-refractivity contribution is 0.0960. The minimum Gasteiger partial charge on any atom is -0.451 e. The maximum atomic E-state index is 12.8. The molecule has 3 heteroatoms. The average Bonchev–Trinajstić information content (AvgIpc) is 2.97. The summed E-state index contributed by atoms with van der Waals surface area (Å²) < 4.78 is 5.71. The van der Waals surface area contributed by atoms with E-state index in [1.54, 1.807) is 0 Å². The zero-order valence-electron chi connectivity index (χ0n) is 11.6. The number of fused-ring (bicyclic) bond motifs is 2. The van der Waals surface area contributed by atoms with Gasteiger partial charge in [0.15, 0.2) is 5.76 Å². The summed E-state index contributed by atoms with van der Waals surface area (Å²) in [5, 5.41) is 0.964. The number of carbonyl (C=O) groups excluding carboxylic acids is 1. The third kappa shape index (κ3) is 2.02. The zero-order chi connectivity index (χ0) is 14.2. The van der Waals surface area contributed by atoms with E-state index in [9.17, 15) is 4.79 Å². The van der Waals surface area contributed by atoms with Crippen LogP contribution in [0, 0.1) is 0 Å². The highest BCUT2D eigenvalue weighted by molar-refractivity contribution is 6.06. The van der Waals surface area contributed by atoms with E-state index in [0.29, 0.717) is 5.76 Å². The standard InChI is InChI=1S/C18H15NO2/c20-18(17-12-14-7-2-4-10-16(14)21-17)19-11-5-8-13-6-1-3-9-15(13)19/h1-4,6-7,9-10,12H,5,8,11H2. The topological polar surface area (TPSA) is 33.5 Å². The molecular weight excluding hydrogens is 262 g/mol. The molecule has 1 aromatic heterocycles. The minimum absolute atomic E-state index is 0.0571. The summed E-state index contributed by atoms with van der Waals surface area (Å²) in [6.07, 6.45) is 2.02. The molecule has 0 fully saturated rings. The van der Waals surface area contributed by atoms with Gasteiger partial charge in [0.2, 0.25) is 0 Å². The maximum absolute atomic E-state index is 12.8. The first kappa shape index (κ1) is 12.2. The SMILES string of the molecule is O=C(c1cc2ccccc2o1)N1CCCc2ccccc21. The molecule has 0 aliphatic carbocycles. The van der Waals surface area contributed by atoms with Crippen LogP contribution in [0.1, 0.15) is 22.5 Å². The highest BCUT2D eigenvalue weighted by Gasteiger charge is 2.25. The predicted molar refractivity (Wildman–Crippen MR) is 82.7 cm³/mol. The smallest absolute Gasteiger partial charge is 0.294 e. The second-order valence-corrected chi connectivity index (χ2v) is 5.34. The molecule has 2 heterocycles. The van der Waals surface area contributed by atoms with E-state index >= 15 is 0 Å². The normalized spacial score (nSPS) is 14.2. The highest BCUT2D eigenvalue weighted by atomic mass is 16.3. The third-order valence-electron chi connectivity index (χ3n) is 3.99. The van der Waals surface area contributed by atoms with Gasteiger partial charge in [-0.15, -0.1) is 0 Å². The molecule has 3 aromatic rings. The van der Waals surface area contributed by atoms with E-state index in [1.807, 2.05) is 53.4 Å². The Kier molecular flexibility index (Phi) is 2.78. The van der Waals surface area contributed by atoms with Crippen molar-refractivity contribution in [1.29, 1.82) is 0 Å². The minimum atomic E-state index is -0.0571. The Labute approximate surface area is 122 Å². The molecule has 1 aliphatic rings. The van der Waals surface area contributed by atoms with Crippen LogP contribution in [0.5, 0.6) is 0 Å². The van der Waals surface area contributed by atoms with Crippen molar-refractivity contribution in [1.82, 2.24) is 0 Å². The van der Waals surface area contributed by atoms with Crippen molar-refractivity contribution in [3.63, 3.8) is 0 Å². The molecule has 2 aromatic carbocycles. The van der Waals surface area contributed by atoms with Gasteiger partial charge in [0.25, 0.3) is 5.91 Å². The van der Waals surface area contributed by atoms with Crippen molar-refractivity contribution in [2.24, 2.45) is 0 Å². The van der Waals surface area contributed by atoms with Crippen molar-refractivity contribution in [2.45, 2.75) is 12.8 Å². The highest BCUT2D eigenvalue weighted by Crippen LogP contribution is 2.29. The van der Waals surface area contributed by atoms with Crippen molar-refractivity contribution in [2.75, 3.05) is 11.4 Å². The van der Waals surface area contributed by atoms with Gasteiger partial charge in [0, 0.05) is 17.6 Å². The molecular formula is C18H15NO2. The van der Waals surface area contributed by atoms with Crippen molar-refractivity contribution in [3.8, 4) is 0 Å². The van der Waals surface area contributed by atoms with E-state index in [2.05, 4.69) is 6.07 Å². The van der Waals surface area contributed by atoms with Crippen LogP contribution in [0.25, 0.3) is 11.0 Å². The lowest BCUT2D eigenvalue weighted by Gasteiger charge is -2.28. The predicted octanol–water partition coefficient (Wildman–Crippen LogP) is 4.03. The monoisotopic (exact) mass is 277 g/mol. The zero-order valence-corrected chi connectivity index (χ0v) is 11.6. The second-order valence-electron chi connectivity index (χ2n) is 5.34. The number of anilines is 1. The second kappa shape index (κ2) is 4.77. The Hall–Kier alpha value is -2.55. The fourth-order valence-electron chi connectivity index (χ4n) is 2.96. The van der Waals surface area contributed by atoms with Gasteiger partial charge in [-0.2, -0.15) is 0 Å². The van der Waals surface area contributed by atoms with E-state index in [4.69, 9.17) is 4.42 Å². The fourth-order valence-corrected chi connectivity index (χ4v) is 2.96. The number of carbonyl (C=O) groups is 1. The van der Waals surface area contributed by atoms with E-state index in [1.165, 1.54) is 5.56 Å². The lowest BCUT2D eigenvalue weighted by Crippen LogP contribution is -2.35. The van der Waals surface area contributed by atoms with E-state index < -0.39 is 0 Å². The van der Waals surface area contributed by atoms with Crippen LogP contribution in [0.15, 0.2) is 59.0 Å². The summed E-state index contributed by atoms with van der Waals surface area (Å²) in [6.45, 7) is 0.743. The van der Waals surface area contributed by atoms with Crippen molar-refractivity contribution >= 4 is 22.6 Å². The maximum Gasteiger partial charge on any atom is 0.294 e. The molecule has 0 bridgehead atoms. The summed E-state index contributed by atoms with van der Waals surface area (Å²) in [4.78, 5) is 14.6. The number of hydrogen-bond donors (Lipinski definition) is 0. The Morgan fingerprint density at radius 3 is 2.76 bits per heavy atom. The summed E-state index contributed by atoms with van der Waals surface area (Å²) >= 11 is 0. The molecule has 0 saturated carbocycles. The van der Waals surface area contributed by atoms with Gasteiger partial charge in [0.1, 0.15) is 5.58 Å². The number of aryl methyl sites for hydroxylation is 1.